The van der Waals surface area contributed by atoms with Crippen LogP contribution in [0, 0.1) is 10.1 Å². The van der Waals surface area contributed by atoms with Gasteiger partial charge in [-0.15, -0.1) is 0 Å². The van der Waals surface area contributed by atoms with Gasteiger partial charge in [0.1, 0.15) is 5.69 Å². The molecule has 0 aromatic heterocycles. The molecule has 0 bridgehead atoms. The first-order valence-corrected chi connectivity index (χ1v) is 7.35. The van der Waals surface area contributed by atoms with Crippen LogP contribution in [0.5, 0.6) is 0 Å². The zero-order valence-corrected chi connectivity index (χ0v) is 13.0. The monoisotopic (exact) mass is 292 g/mol. The standard InChI is InChI=1S/C15H24N4O2/c1-16-14-7-6-12(9-15(14)19(20)21)10-17(2)11-13-5-4-8-18(13)3/h6-7,9,13,16H,4-5,8,10-11H2,1-3H3. The van der Waals surface area contributed by atoms with Gasteiger partial charge in [-0.2, -0.15) is 0 Å². The lowest BCUT2D eigenvalue weighted by molar-refractivity contribution is -0.384. The van der Waals surface area contributed by atoms with Crippen molar-refractivity contribution < 1.29 is 4.92 Å². The predicted octanol–water partition coefficient (Wildman–Crippen LogP) is 2.16. The highest BCUT2D eigenvalue weighted by atomic mass is 16.6. The predicted molar refractivity (Wildman–Crippen MR) is 84.6 cm³/mol. The molecule has 2 rings (SSSR count). The summed E-state index contributed by atoms with van der Waals surface area (Å²) in [5.41, 5.74) is 1.67. The highest BCUT2D eigenvalue weighted by Gasteiger charge is 2.22. The summed E-state index contributed by atoms with van der Waals surface area (Å²) in [5.74, 6) is 0. The summed E-state index contributed by atoms with van der Waals surface area (Å²) in [4.78, 5) is 15.4. The molecule has 0 amide bonds. The molecule has 1 atom stereocenters. The summed E-state index contributed by atoms with van der Waals surface area (Å²) >= 11 is 0. The van der Waals surface area contributed by atoms with Crippen molar-refractivity contribution in [3.8, 4) is 0 Å². The SMILES string of the molecule is CNc1ccc(CN(C)CC2CCCN2C)cc1[N+](=O)[O-]. The summed E-state index contributed by atoms with van der Waals surface area (Å²) in [6.45, 7) is 2.90. The van der Waals surface area contributed by atoms with Gasteiger partial charge in [-0.1, -0.05) is 6.07 Å². The quantitative estimate of drug-likeness (QED) is 0.643. The van der Waals surface area contributed by atoms with Gasteiger partial charge in [0.15, 0.2) is 0 Å². The van der Waals surface area contributed by atoms with Crippen LogP contribution >= 0.6 is 0 Å². The van der Waals surface area contributed by atoms with E-state index < -0.39 is 0 Å². The molecule has 1 heterocycles. The number of nitrogens with one attached hydrogen (secondary N) is 1. The molecule has 0 aliphatic carbocycles. The van der Waals surface area contributed by atoms with Crippen LogP contribution in [-0.2, 0) is 6.54 Å². The molecule has 1 unspecified atom stereocenters. The van der Waals surface area contributed by atoms with Crippen LogP contribution in [-0.4, -0.2) is 55.0 Å². The Kier molecular flexibility index (Phi) is 5.14. The molecule has 0 saturated carbocycles. The first-order chi connectivity index (χ1) is 10.0. The zero-order chi connectivity index (χ0) is 15.4. The number of benzene rings is 1. The molecular formula is C15H24N4O2. The molecule has 1 aromatic carbocycles. The Morgan fingerprint density at radius 2 is 2.29 bits per heavy atom. The molecule has 116 valence electrons. The fourth-order valence-electron chi connectivity index (χ4n) is 2.98. The number of anilines is 1. The summed E-state index contributed by atoms with van der Waals surface area (Å²) in [7, 11) is 5.94. The van der Waals surface area contributed by atoms with E-state index >= 15 is 0 Å². The topological polar surface area (TPSA) is 61.6 Å². The van der Waals surface area contributed by atoms with E-state index in [0.717, 1.165) is 18.7 Å². The van der Waals surface area contributed by atoms with E-state index in [-0.39, 0.29) is 10.6 Å². The van der Waals surface area contributed by atoms with Crippen molar-refractivity contribution in [1.29, 1.82) is 0 Å². The van der Waals surface area contributed by atoms with E-state index in [1.54, 1.807) is 19.2 Å². The molecular weight excluding hydrogens is 268 g/mol. The summed E-state index contributed by atoms with van der Waals surface area (Å²) in [5, 5.41) is 13.9. The van der Waals surface area contributed by atoms with Crippen molar-refractivity contribution >= 4 is 11.4 Å². The summed E-state index contributed by atoms with van der Waals surface area (Å²) in [6, 6.07) is 6.00. The maximum absolute atomic E-state index is 11.1. The van der Waals surface area contributed by atoms with Crippen molar-refractivity contribution in [3.63, 3.8) is 0 Å². The van der Waals surface area contributed by atoms with Crippen LogP contribution in [0.1, 0.15) is 18.4 Å². The minimum Gasteiger partial charge on any atom is -0.383 e. The van der Waals surface area contributed by atoms with Gasteiger partial charge in [0.05, 0.1) is 4.92 Å². The van der Waals surface area contributed by atoms with E-state index in [0.29, 0.717) is 11.7 Å². The largest absolute Gasteiger partial charge is 0.383 e. The van der Waals surface area contributed by atoms with Crippen LogP contribution in [0.3, 0.4) is 0 Å². The Bertz CT molecular complexity index is 506. The van der Waals surface area contributed by atoms with E-state index in [2.05, 4.69) is 29.2 Å². The van der Waals surface area contributed by atoms with Gasteiger partial charge in [0.25, 0.3) is 5.69 Å². The number of hydrogen-bond acceptors (Lipinski definition) is 5. The molecule has 1 N–H and O–H groups in total. The highest BCUT2D eigenvalue weighted by Crippen LogP contribution is 2.25. The summed E-state index contributed by atoms with van der Waals surface area (Å²) in [6.07, 6.45) is 2.50. The van der Waals surface area contributed by atoms with E-state index in [1.807, 2.05) is 6.07 Å². The van der Waals surface area contributed by atoms with Crippen molar-refractivity contribution in [2.45, 2.75) is 25.4 Å². The van der Waals surface area contributed by atoms with E-state index in [9.17, 15) is 10.1 Å². The number of rotatable bonds is 6. The van der Waals surface area contributed by atoms with Gasteiger partial charge in [0.2, 0.25) is 0 Å². The van der Waals surface area contributed by atoms with Crippen molar-refractivity contribution in [2.24, 2.45) is 0 Å². The smallest absolute Gasteiger partial charge is 0.292 e. The second-order valence-corrected chi connectivity index (χ2v) is 5.83. The van der Waals surface area contributed by atoms with Gasteiger partial charge in [0, 0.05) is 32.2 Å². The van der Waals surface area contributed by atoms with Gasteiger partial charge < -0.3 is 15.1 Å². The number of hydrogen-bond donors (Lipinski definition) is 1. The number of likely N-dealkylation sites (tertiary alicyclic amines) is 1. The zero-order valence-electron chi connectivity index (χ0n) is 13.0. The Morgan fingerprint density at radius 3 is 2.86 bits per heavy atom. The molecule has 0 spiro atoms. The Morgan fingerprint density at radius 1 is 1.52 bits per heavy atom. The third kappa shape index (κ3) is 3.92. The third-order valence-electron chi connectivity index (χ3n) is 4.17. The van der Waals surface area contributed by atoms with Crippen LogP contribution in [0.4, 0.5) is 11.4 Å². The number of likely N-dealkylation sites (N-methyl/N-ethyl adjacent to an activating group) is 2. The first kappa shape index (κ1) is 15.7. The fraction of sp³-hybridized carbons (Fsp3) is 0.600. The average molecular weight is 292 g/mol. The molecule has 0 radical (unpaired) electrons. The van der Waals surface area contributed by atoms with Crippen LogP contribution < -0.4 is 5.32 Å². The van der Waals surface area contributed by atoms with Crippen molar-refractivity contribution in [3.05, 3.63) is 33.9 Å². The lowest BCUT2D eigenvalue weighted by atomic mass is 10.1. The molecule has 21 heavy (non-hydrogen) atoms. The minimum atomic E-state index is -0.333. The Balaban J connectivity index is 2.01. The summed E-state index contributed by atoms with van der Waals surface area (Å²) < 4.78 is 0. The van der Waals surface area contributed by atoms with Crippen LogP contribution in [0.15, 0.2) is 18.2 Å². The van der Waals surface area contributed by atoms with Crippen molar-refractivity contribution in [1.82, 2.24) is 9.80 Å². The highest BCUT2D eigenvalue weighted by molar-refractivity contribution is 5.62. The molecule has 6 heteroatoms. The molecule has 1 aliphatic rings. The molecule has 1 aliphatic heterocycles. The third-order valence-corrected chi connectivity index (χ3v) is 4.17. The Labute approximate surface area is 125 Å². The van der Waals surface area contributed by atoms with Gasteiger partial charge in [-0.05, 0) is 45.1 Å². The van der Waals surface area contributed by atoms with Gasteiger partial charge in [-0.25, -0.2) is 0 Å². The molecule has 1 fully saturated rings. The molecule has 6 nitrogen and oxygen atoms in total. The Hall–Kier alpha value is -1.66. The molecule has 1 saturated heterocycles. The maximum atomic E-state index is 11.1. The van der Waals surface area contributed by atoms with E-state index in [1.165, 1.54) is 19.4 Å². The normalized spacial score (nSPS) is 19.1. The van der Waals surface area contributed by atoms with E-state index in [4.69, 9.17) is 0 Å². The second-order valence-electron chi connectivity index (χ2n) is 5.83. The lowest BCUT2D eigenvalue weighted by Gasteiger charge is -2.25. The van der Waals surface area contributed by atoms with Gasteiger partial charge in [-0.3, -0.25) is 10.1 Å². The molecule has 1 aromatic rings. The first-order valence-electron chi connectivity index (χ1n) is 7.35. The van der Waals surface area contributed by atoms with Crippen LogP contribution in [0.2, 0.25) is 0 Å². The van der Waals surface area contributed by atoms with Crippen molar-refractivity contribution in [2.75, 3.05) is 39.5 Å². The average Bonchev–Trinajstić information content (AvgIpc) is 2.84. The number of nitro benzene ring substituents is 1. The minimum absolute atomic E-state index is 0.140. The van der Waals surface area contributed by atoms with Gasteiger partial charge >= 0.3 is 0 Å². The number of nitrogens with zero attached hydrogens (tertiary/aromatic N) is 3. The number of nitro groups is 1. The fourth-order valence-corrected chi connectivity index (χ4v) is 2.98. The lowest BCUT2D eigenvalue weighted by Crippen LogP contribution is -2.36. The van der Waals surface area contributed by atoms with Crippen LogP contribution in [0.25, 0.3) is 0 Å². The second kappa shape index (κ2) is 6.87. The maximum Gasteiger partial charge on any atom is 0.292 e.